The summed E-state index contributed by atoms with van der Waals surface area (Å²) in [6.45, 7) is 2.85. The molecule has 60 valence electrons. The van der Waals surface area contributed by atoms with Crippen LogP contribution in [0.4, 0.5) is 0 Å². The van der Waals surface area contributed by atoms with Crippen LogP contribution < -0.4 is 5.56 Å². The van der Waals surface area contributed by atoms with Crippen LogP contribution in [0.3, 0.4) is 0 Å². The second kappa shape index (κ2) is 3.72. The molecule has 1 aromatic rings. The summed E-state index contributed by atoms with van der Waals surface area (Å²) in [7, 11) is 0. The van der Waals surface area contributed by atoms with Crippen LogP contribution in [-0.2, 0) is 6.54 Å². The van der Waals surface area contributed by atoms with Crippen molar-refractivity contribution in [2.24, 2.45) is 0 Å². The molecule has 0 atom stereocenters. The molecule has 0 radical (unpaired) electrons. The number of halogens is 1. The fourth-order valence-corrected chi connectivity index (χ4v) is 1.22. The maximum atomic E-state index is 11.2. The second-order valence-corrected chi connectivity index (χ2v) is 3.29. The molecule has 0 saturated heterocycles. The number of aromatic nitrogens is 1. The van der Waals surface area contributed by atoms with Crippen molar-refractivity contribution < 1.29 is 0 Å². The molecule has 0 saturated carbocycles. The van der Waals surface area contributed by atoms with E-state index in [4.69, 9.17) is 0 Å². The van der Waals surface area contributed by atoms with Crippen LogP contribution in [-0.4, -0.2) is 4.57 Å². The van der Waals surface area contributed by atoms with E-state index in [0.717, 1.165) is 17.4 Å². The summed E-state index contributed by atoms with van der Waals surface area (Å²) < 4.78 is 2.54. The van der Waals surface area contributed by atoms with Gasteiger partial charge in [0.25, 0.3) is 5.56 Å². The Morgan fingerprint density at radius 2 is 2.36 bits per heavy atom. The number of hydrogen-bond donors (Lipinski definition) is 0. The molecule has 3 heteroatoms. The minimum absolute atomic E-state index is 0.0567. The van der Waals surface area contributed by atoms with Crippen LogP contribution in [0.15, 0.2) is 27.6 Å². The van der Waals surface area contributed by atoms with E-state index in [9.17, 15) is 4.79 Å². The van der Waals surface area contributed by atoms with Crippen molar-refractivity contribution in [1.82, 2.24) is 4.57 Å². The first kappa shape index (κ1) is 8.53. The standard InChI is InChI=1S/C8H10BrNO/c1-2-4-10-5-3-7(9)6-8(10)11/h3,5-6H,2,4H2,1H3. The Kier molecular flexibility index (Phi) is 2.88. The Bertz CT molecular complexity index is 292. The van der Waals surface area contributed by atoms with Gasteiger partial charge in [-0.3, -0.25) is 4.79 Å². The minimum atomic E-state index is 0.0567. The highest BCUT2D eigenvalue weighted by atomic mass is 79.9. The molecule has 2 nitrogen and oxygen atoms in total. The van der Waals surface area contributed by atoms with Gasteiger partial charge in [0.2, 0.25) is 0 Å². The molecule has 1 aromatic heterocycles. The summed E-state index contributed by atoms with van der Waals surface area (Å²) >= 11 is 3.23. The fraction of sp³-hybridized carbons (Fsp3) is 0.375. The minimum Gasteiger partial charge on any atom is -0.315 e. The summed E-state index contributed by atoms with van der Waals surface area (Å²) in [6.07, 6.45) is 2.79. The van der Waals surface area contributed by atoms with Gasteiger partial charge in [0.15, 0.2) is 0 Å². The average molecular weight is 216 g/mol. The Morgan fingerprint density at radius 1 is 1.64 bits per heavy atom. The number of nitrogens with zero attached hydrogens (tertiary/aromatic N) is 1. The van der Waals surface area contributed by atoms with Gasteiger partial charge in [0.05, 0.1) is 0 Å². The van der Waals surface area contributed by atoms with Gasteiger partial charge in [0, 0.05) is 23.3 Å². The Labute approximate surface area is 74.0 Å². The second-order valence-electron chi connectivity index (χ2n) is 2.38. The van der Waals surface area contributed by atoms with Crippen LogP contribution in [0.2, 0.25) is 0 Å². The average Bonchev–Trinajstić information content (AvgIpc) is 1.95. The third-order valence-corrected chi connectivity index (χ3v) is 1.92. The highest BCUT2D eigenvalue weighted by Crippen LogP contribution is 2.03. The maximum absolute atomic E-state index is 11.2. The van der Waals surface area contributed by atoms with Crippen molar-refractivity contribution in [2.45, 2.75) is 19.9 Å². The summed E-state index contributed by atoms with van der Waals surface area (Å²) in [6, 6.07) is 3.45. The lowest BCUT2D eigenvalue weighted by atomic mass is 10.4. The SMILES string of the molecule is CCCn1ccc(Br)cc1=O. The van der Waals surface area contributed by atoms with Crippen molar-refractivity contribution in [3.05, 3.63) is 33.2 Å². The first-order valence-corrected chi connectivity index (χ1v) is 4.39. The summed E-state index contributed by atoms with van der Waals surface area (Å²) in [4.78, 5) is 11.2. The van der Waals surface area contributed by atoms with Crippen molar-refractivity contribution >= 4 is 15.9 Å². The molecular weight excluding hydrogens is 206 g/mol. The van der Waals surface area contributed by atoms with E-state index >= 15 is 0 Å². The Balaban J connectivity index is 3.00. The van der Waals surface area contributed by atoms with Gasteiger partial charge >= 0.3 is 0 Å². The zero-order valence-corrected chi connectivity index (χ0v) is 7.97. The molecule has 11 heavy (non-hydrogen) atoms. The maximum Gasteiger partial charge on any atom is 0.251 e. The first-order chi connectivity index (χ1) is 5.24. The molecular formula is C8H10BrNO. The predicted octanol–water partition coefficient (Wildman–Crippen LogP) is 2.02. The molecule has 0 aliphatic heterocycles. The van der Waals surface area contributed by atoms with Gasteiger partial charge in [0.1, 0.15) is 0 Å². The van der Waals surface area contributed by atoms with Gasteiger partial charge in [-0.1, -0.05) is 22.9 Å². The summed E-state index contributed by atoms with van der Waals surface area (Å²) in [5, 5.41) is 0. The summed E-state index contributed by atoms with van der Waals surface area (Å²) in [5.74, 6) is 0. The van der Waals surface area contributed by atoms with E-state index in [1.807, 2.05) is 6.07 Å². The van der Waals surface area contributed by atoms with E-state index in [0.29, 0.717) is 0 Å². The Morgan fingerprint density at radius 3 is 2.91 bits per heavy atom. The van der Waals surface area contributed by atoms with Crippen LogP contribution >= 0.6 is 15.9 Å². The number of rotatable bonds is 2. The molecule has 1 heterocycles. The predicted molar refractivity (Wildman–Crippen MR) is 48.7 cm³/mol. The van der Waals surface area contributed by atoms with Crippen LogP contribution in [0.25, 0.3) is 0 Å². The van der Waals surface area contributed by atoms with Crippen LogP contribution in [0.1, 0.15) is 13.3 Å². The highest BCUT2D eigenvalue weighted by molar-refractivity contribution is 9.10. The smallest absolute Gasteiger partial charge is 0.251 e. The molecule has 0 spiro atoms. The van der Waals surface area contributed by atoms with Gasteiger partial charge < -0.3 is 4.57 Å². The van der Waals surface area contributed by atoms with Crippen LogP contribution in [0, 0.1) is 0 Å². The van der Waals surface area contributed by atoms with E-state index in [2.05, 4.69) is 22.9 Å². The number of pyridine rings is 1. The zero-order chi connectivity index (χ0) is 8.27. The quantitative estimate of drug-likeness (QED) is 0.741. The zero-order valence-electron chi connectivity index (χ0n) is 6.38. The van der Waals surface area contributed by atoms with Crippen molar-refractivity contribution in [1.29, 1.82) is 0 Å². The van der Waals surface area contributed by atoms with Crippen molar-refractivity contribution in [3.63, 3.8) is 0 Å². The molecule has 0 aromatic carbocycles. The lowest BCUT2D eigenvalue weighted by Gasteiger charge is -2.01. The van der Waals surface area contributed by atoms with Gasteiger partial charge in [-0.2, -0.15) is 0 Å². The molecule has 1 rings (SSSR count). The molecule has 0 fully saturated rings. The first-order valence-electron chi connectivity index (χ1n) is 3.60. The normalized spacial score (nSPS) is 10.0. The summed E-state index contributed by atoms with van der Waals surface area (Å²) in [5.41, 5.74) is 0.0567. The van der Waals surface area contributed by atoms with Crippen molar-refractivity contribution in [2.75, 3.05) is 0 Å². The highest BCUT2D eigenvalue weighted by Gasteiger charge is 1.93. The molecule has 0 N–H and O–H groups in total. The van der Waals surface area contributed by atoms with Gasteiger partial charge in [-0.15, -0.1) is 0 Å². The third kappa shape index (κ3) is 2.19. The van der Waals surface area contributed by atoms with E-state index < -0.39 is 0 Å². The van der Waals surface area contributed by atoms with Gasteiger partial charge in [-0.25, -0.2) is 0 Å². The topological polar surface area (TPSA) is 22.0 Å². The monoisotopic (exact) mass is 215 g/mol. The Hall–Kier alpha value is -0.570. The molecule has 0 amide bonds. The van der Waals surface area contributed by atoms with E-state index in [1.165, 1.54) is 0 Å². The molecule has 0 aliphatic rings. The van der Waals surface area contributed by atoms with E-state index in [-0.39, 0.29) is 5.56 Å². The molecule has 0 bridgehead atoms. The number of hydrogen-bond acceptors (Lipinski definition) is 1. The largest absolute Gasteiger partial charge is 0.315 e. The van der Waals surface area contributed by atoms with Crippen molar-refractivity contribution in [3.8, 4) is 0 Å². The molecule has 0 aliphatic carbocycles. The molecule has 0 unspecified atom stereocenters. The van der Waals surface area contributed by atoms with Gasteiger partial charge in [-0.05, 0) is 12.5 Å². The third-order valence-electron chi connectivity index (χ3n) is 1.42. The number of aryl methyl sites for hydroxylation is 1. The van der Waals surface area contributed by atoms with E-state index in [1.54, 1.807) is 16.8 Å². The lowest BCUT2D eigenvalue weighted by Crippen LogP contribution is -2.17. The fourth-order valence-electron chi connectivity index (χ4n) is 0.909. The van der Waals surface area contributed by atoms with Crippen LogP contribution in [0.5, 0.6) is 0 Å². The lowest BCUT2D eigenvalue weighted by molar-refractivity contribution is 0.653.